The summed E-state index contributed by atoms with van der Waals surface area (Å²) in [7, 11) is 0. The lowest BCUT2D eigenvalue weighted by Gasteiger charge is -2.23. The summed E-state index contributed by atoms with van der Waals surface area (Å²) in [6, 6.07) is 0. The van der Waals surface area contributed by atoms with Crippen molar-refractivity contribution in [3.8, 4) is 0 Å². The van der Waals surface area contributed by atoms with Gasteiger partial charge in [-0.05, 0) is 0 Å². The molecule has 0 fully saturated rings. The van der Waals surface area contributed by atoms with Crippen molar-refractivity contribution in [3.05, 3.63) is 36.5 Å². The number of aliphatic hydroxyl groups excluding tert-OH is 4. The first kappa shape index (κ1) is 36.3. The number of hydrogen-bond donors (Lipinski definition) is 10. The third-order valence-electron chi connectivity index (χ3n) is 2.45. The minimum atomic E-state index is -1.26. The maximum Gasteiger partial charge on any atom is 0.328 e. The van der Waals surface area contributed by atoms with Gasteiger partial charge in [0.1, 0.15) is 0 Å². The Hall–Kier alpha value is -4.12. The van der Waals surface area contributed by atoms with E-state index < -0.39 is 67.7 Å². The molecule has 0 amide bonds. The van der Waals surface area contributed by atoms with Gasteiger partial charge in [-0.15, -0.1) is 0 Å². The van der Waals surface area contributed by atoms with Crippen molar-refractivity contribution < 1.29 is 79.8 Å². The molecule has 16 heteroatoms. The summed E-state index contributed by atoms with van der Waals surface area (Å²) in [5, 5.41) is 80.9. The van der Waals surface area contributed by atoms with Gasteiger partial charge in [0.2, 0.25) is 0 Å². The summed E-state index contributed by atoms with van der Waals surface area (Å²) < 4.78 is 0. The van der Waals surface area contributed by atoms with E-state index in [2.05, 4.69) is 0 Å². The lowest BCUT2D eigenvalue weighted by Crippen LogP contribution is -2.37. The highest BCUT2D eigenvalue weighted by Crippen LogP contribution is 2.11. The van der Waals surface area contributed by atoms with Gasteiger partial charge in [0.05, 0.1) is 31.8 Å². The van der Waals surface area contributed by atoms with Gasteiger partial charge in [0, 0.05) is 36.5 Å². The quantitative estimate of drug-likeness (QED) is 0.139. The summed E-state index contributed by atoms with van der Waals surface area (Å²) >= 11 is 0. The second-order valence-electron chi connectivity index (χ2n) is 5.16. The van der Waals surface area contributed by atoms with Gasteiger partial charge in [-0.3, -0.25) is 0 Å². The fourth-order valence-corrected chi connectivity index (χ4v) is 0.728. The molecule has 0 heterocycles. The van der Waals surface area contributed by atoms with Gasteiger partial charge >= 0.3 is 35.8 Å². The van der Waals surface area contributed by atoms with Crippen LogP contribution in [0.25, 0.3) is 0 Å². The van der Waals surface area contributed by atoms with Crippen molar-refractivity contribution in [1.82, 2.24) is 0 Å². The third-order valence-corrected chi connectivity index (χ3v) is 2.45. The Morgan fingerprint density at radius 1 is 0.394 bits per heavy atom. The Morgan fingerprint density at radius 3 is 0.545 bits per heavy atom. The molecule has 16 nitrogen and oxygen atoms in total. The van der Waals surface area contributed by atoms with Crippen LogP contribution in [-0.2, 0) is 28.8 Å². The van der Waals surface area contributed by atoms with Crippen molar-refractivity contribution in [2.75, 3.05) is 26.4 Å². The smallest absolute Gasteiger partial charge is 0.328 e. The molecule has 0 aromatic heterocycles. The molecule has 0 aromatic carbocycles. The Labute approximate surface area is 184 Å². The maximum absolute atomic E-state index is 9.55. The molecule has 0 spiro atoms. The zero-order chi connectivity index (χ0) is 27.0. The molecular weight excluding hydrogens is 460 g/mol. The Bertz CT molecular complexity index is 568. The van der Waals surface area contributed by atoms with Crippen LogP contribution in [0.5, 0.6) is 0 Å². The number of hydrogen-bond acceptors (Lipinski definition) is 10. The molecule has 0 atom stereocenters. The van der Waals surface area contributed by atoms with E-state index in [-0.39, 0.29) is 0 Å². The molecule has 0 aliphatic carbocycles. The zero-order valence-corrected chi connectivity index (χ0v) is 16.7. The van der Waals surface area contributed by atoms with E-state index in [1.807, 2.05) is 0 Å². The summed E-state index contributed by atoms with van der Waals surface area (Å²) in [4.78, 5) is 57.3. The highest BCUT2D eigenvalue weighted by Gasteiger charge is 2.26. The molecule has 0 bridgehead atoms. The highest BCUT2D eigenvalue weighted by atomic mass is 16.4. The number of carboxylic acids is 6. The van der Waals surface area contributed by atoms with E-state index >= 15 is 0 Å². The summed E-state index contributed by atoms with van der Waals surface area (Å²) in [6.07, 6.45) is 3.35. The van der Waals surface area contributed by atoms with Gasteiger partial charge in [-0.25, -0.2) is 28.8 Å². The van der Waals surface area contributed by atoms with Gasteiger partial charge in [-0.1, -0.05) is 0 Å². The summed E-state index contributed by atoms with van der Waals surface area (Å²) in [5.41, 5.74) is -1.11. The predicted molar refractivity (Wildman–Crippen MR) is 104 cm³/mol. The monoisotopic (exact) mass is 484 g/mol. The Morgan fingerprint density at radius 2 is 0.515 bits per heavy atom. The minimum Gasteiger partial charge on any atom is -0.478 e. The molecule has 0 aromatic rings. The SMILES string of the molecule is O=C(O)/C=C\C(=O)O.O=C(O)/C=C\C(=O)O.O=C(O)/C=C\C(=O)O.OCC(CO)(CO)CO. The first-order valence-corrected chi connectivity index (χ1v) is 7.98. The van der Waals surface area contributed by atoms with Crippen LogP contribution in [0.2, 0.25) is 0 Å². The number of aliphatic carboxylic acids is 6. The van der Waals surface area contributed by atoms with Gasteiger partial charge in [-0.2, -0.15) is 0 Å². The Balaban J connectivity index is -0.000000170. The molecule has 33 heavy (non-hydrogen) atoms. The molecule has 0 saturated heterocycles. The molecule has 0 radical (unpaired) electrons. The van der Waals surface area contributed by atoms with Crippen molar-refractivity contribution in [1.29, 1.82) is 0 Å². The molecule has 0 aliphatic rings. The van der Waals surface area contributed by atoms with Crippen LogP contribution < -0.4 is 0 Å². The fraction of sp³-hybridized carbons (Fsp3) is 0.294. The van der Waals surface area contributed by atoms with Crippen molar-refractivity contribution >= 4 is 35.8 Å². The van der Waals surface area contributed by atoms with Crippen LogP contribution in [0.4, 0.5) is 0 Å². The summed E-state index contributed by atoms with van der Waals surface area (Å²) in [6.45, 7) is -1.62. The second-order valence-corrected chi connectivity index (χ2v) is 5.16. The fourth-order valence-electron chi connectivity index (χ4n) is 0.728. The minimum absolute atomic E-state index is 0.406. The predicted octanol–water partition coefficient (Wildman–Crippen LogP) is -2.92. The first-order valence-electron chi connectivity index (χ1n) is 7.98. The molecule has 0 rings (SSSR count). The van der Waals surface area contributed by atoms with Crippen molar-refractivity contribution in [2.24, 2.45) is 5.41 Å². The number of carbonyl (C=O) groups is 6. The Kier molecular flexibility index (Phi) is 24.8. The molecule has 10 N–H and O–H groups in total. The van der Waals surface area contributed by atoms with E-state index in [0.29, 0.717) is 36.5 Å². The van der Waals surface area contributed by atoms with Crippen LogP contribution in [0.3, 0.4) is 0 Å². The maximum atomic E-state index is 9.55. The first-order chi connectivity index (χ1) is 15.1. The normalized spacial score (nSPS) is 10.2. The van der Waals surface area contributed by atoms with Gasteiger partial charge in [0.25, 0.3) is 0 Å². The van der Waals surface area contributed by atoms with E-state index in [1.54, 1.807) is 0 Å². The average Bonchev–Trinajstić information content (AvgIpc) is 2.73. The topological polar surface area (TPSA) is 305 Å². The zero-order valence-electron chi connectivity index (χ0n) is 16.7. The molecule has 0 aliphatic heterocycles. The summed E-state index contributed by atoms with van der Waals surface area (Å²) in [5.74, 6) is -7.54. The number of aliphatic hydroxyl groups is 4. The number of rotatable bonds is 10. The second kappa shape index (κ2) is 22.6. The molecular formula is C17H24O16. The van der Waals surface area contributed by atoms with Crippen LogP contribution >= 0.6 is 0 Å². The van der Waals surface area contributed by atoms with E-state index in [1.165, 1.54) is 0 Å². The molecule has 0 saturated carbocycles. The van der Waals surface area contributed by atoms with E-state index in [0.717, 1.165) is 0 Å². The lowest BCUT2D eigenvalue weighted by molar-refractivity contribution is -0.134. The van der Waals surface area contributed by atoms with E-state index in [9.17, 15) is 28.8 Å². The highest BCUT2D eigenvalue weighted by molar-refractivity contribution is 5.90. The van der Waals surface area contributed by atoms with Gasteiger partial charge in [0.15, 0.2) is 0 Å². The lowest BCUT2D eigenvalue weighted by atomic mass is 9.93. The van der Waals surface area contributed by atoms with Crippen molar-refractivity contribution in [3.63, 3.8) is 0 Å². The van der Waals surface area contributed by atoms with Crippen LogP contribution in [0.1, 0.15) is 0 Å². The van der Waals surface area contributed by atoms with Crippen LogP contribution in [0, 0.1) is 5.41 Å². The third kappa shape index (κ3) is 35.7. The molecule has 0 unspecified atom stereocenters. The van der Waals surface area contributed by atoms with Crippen LogP contribution in [-0.4, -0.2) is 113 Å². The molecule has 188 valence electrons. The largest absolute Gasteiger partial charge is 0.478 e. The van der Waals surface area contributed by atoms with Gasteiger partial charge < -0.3 is 51.1 Å². The standard InChI is InChI=1S/C5H12O4.3C4H4O4/c6-1-5(2-7,3-8)4-9;3*5-3(6)1-2-4(7)8/h6-9H,1-4H2;3*1-2H,(H,5,6)(H,7,8)/b;3*2-1-. The van der Waals surface area contributed by atoms with Crippen LogP contribution in [0.15, 0.2) is 36.5 Å². The average molecular weight is 484 g/mol. The van der Waals surface area contributed by atoms with Crippen molar-refractivity contribution in [2.45, 2.75) is 0 Å². The number of carboxylic acid groups (broad SMARTS) is 6. The van der Waals surface area contributed by atoms with E-state index in [4.69, 9.17) is 51.1 Å².